The van der Waals surface area contributed by atoms with E-state index in [0.717, 1.165) is 12.8 Å². The zero-order valence-corrected chi connectivity index (χ0v) is 8.93. The van der Waals surface area contributed by atoms with E-state index < -0.39 is 5.60 Å². The van der Waals surface area contributed by atoms with Crippen LogP contribution in [0.15, 0.2) is 12.7 Å². The summed E-state index contributed by atoms with van der Waals surface area (Å²) in [5.41, 5.74) is -0.586. The van der Waals surface area contributed by atoms with Gasteiger partial charge in [0.15, 0.2) is 5.78 Å². The van der Waals surface area contributed by atoms with E-state index in [4.69, 9.17) is 4.74 Å². The Balaban J connectivity index is 4.19. The highest BCUT2D eigenvalue weighted by molar-refractivity contribution is 5.86. The Morgan fingerprint density at radius 1 is 1.54 bits per heavy atom. The summed E-state index contributed by atoms with van der Waals surface area (Å²) in [5.74, 6) is 0.178. The Morgan fingerprint density at radius 2 is 2.15 bits per heavy atom. The molecule has 0 saturated carbocycles. The molecule has 2 nitrogen and oxygen atoms in total. The second-order valence-corrected chi connectivity index (χ2v) is 3.27. The van der Waals surface area contributed by atoms with Crippen molar-refractivity contribution in [2.45, 2.75) is 45.6 Å². The minimum atomic E-state index is -0.586. The first-order valence-electron chi connectivity index (χ1n) is 4.88. The van der Waals surface area contributed by atoms with Crippen LogP contribution in [-0.2, 0) is 9.53 Å². The first-order valence-corrected chi connectivity index (χ1v) is 4.88. The Bertz CT molecular complexity index is 175. The maximum Gasteiger partial charge on any atom is 0.164 e. The lowest BCUT2D eigenvalue weighted by atomic mass is 9.94. The van der Waals surface area contributed by atoms with E-state index in [9.17, 15) is 4.79 Å². The molecule has 0 amide bonds. The van der Waals surface area contributed by atoms with Gasteiger partial charge in [-0.2, -0.15) is 0 Å². The zero-order chi connectivity index (χ0) is 10.3. The van der Waals surface area contributed by atoms with E-state index in [1.807, 2.05) is 20.8 Å². The number of ketones is 1. The lowest BCUT2D eigenvalue weighted by Crippen LogP contribution is -2.37. The number of carbonyl (C=O) groups is 1. The largest absolute Gasteiger partial charge is 0.368 e. The second-order valence-electron chi connectivity index (χ2n) is 3.27. The topological polar surface area (TPSA) is 26.3 Å². The molecule has 0 aliphatic heterocycles. The van der Waals surface area contributed by atoms with Gasteiger partial charge < -0.3 is 4.74 Å². The molecule has 0 aromatic carbocycles. The number of allylic oxidation sites excluding steroid dienone is 1. The first-order chi connectivity index (χ1) is 6.10. The van der Waals surface area contributed by atoms with Crippen LogP contribution in [0.25, 0.3) is 0 Å². The van der Waals surface area contributed by atoms with Gasteiger partial charge in [-0.25, -0.2) is 0 Å². The molecule has 0 aromatic rings. The predicted octanol–water partition coefficient (Wildman–Crippen LogP) is 2.73. The Kier molecular flexibility index (Phi) is 5.63. The average molecular weight is 184 g/mol. The molecule has 0 bridgehead atoms. The molecular weight excluding hydrogens is 164 g/mol. The van der Waals surface area contributed by atoms with Gasteiger partial charge in [-0.1, -0.05) is 13.0 Å². The first kappa shape index (κ1) is 12.4. The fourth-order valence-corrected chi connectivity index (χ4v) is 1.20. The lowest BCUT2D eigenvalue weighted by Gasteiger charge is -2.26. The third-order valence-corrected chi connectivity index (χ3v) is 2.30. The molecule has 0 aromatic heterocycles. The summed E-state index contributed by atoms with van der Waals surface area (Å²) in [7, 11) is 0. The summed E-state index contributed by atoms with van der Waals surface area (Å²) < 4.78 is 5.45. The fourth-order valence-electron chi connectivity index (χ4n) is 1.20. The fraction of sp³-hybridized carbons (Fsp3) is 0.727. The summed E-state index contributed by atoms with van der Waals surface area (Å²) in [5, 5.41) is 0. The minimum absolute atomic E-state index is 0.178. The molecule has 1 atom stereocenters. The molecular formula is C11H20O2. The Hall–Kier alpha value is -0.630. The van der Waals surface area contributed by atoms with Crippen molar-refractivity contribution in [3.8, 4) is 0 Å². The van der Waals surface area contributed by atoms with Gasteiger partial charge in [0.05, 0.1) is 0 Å². The molecule has 0 spiro atoms. The number of ether oxygens (including phenoxy) is 1. The minimum Gasteiger partial charge on any atom is -0.368 e. The van der Waals surface area contributed by atoms with Gasteiger partial charge in [-0.05, 0) is 26.7 Å². The van der Waals surface area contributed by atoms with Crippen LogP contribution in [0, 0.1) is 0 Å². The van der Waals surface area contributed by atoms with Crippen molar-refractivity contribution in [2.24, 2.45) is 0 Å². The number of carbonyl (C=O) groups excluding carboxylic acids is 1. The van der Waals surface area contributed by atoms with Crippen LogP contribution >= 0.6 is 0 Å². The smallest absolute Gasteiger partial charge is 0.164 e. The molecule has 0 heterocycles. The van der Waals surface area contributed by atoms with Crippen molar-refractivity contribution in [1.82, 2.24) is 0 Å². The third kappa shape index (κ3) is 3.73. The predicted molar refractivity (Wildman–Crippen MR) is 54.8 cm³/mol. The van der Waals surface area contributed by atoms with E-state index in [2.05, 4.69) is 6.58 Å². The molecule has 0 saturated heterocycles. The molecule has 0 rings (SSSR count). The van der Waals surface area contributed by atoms with Gasteiger partial charge in [-0.3, -0.25) is 4.79 Å². The van der Waals surface area contributed by atoms with Crippen molar-refractivity contribution in [3.63, 3.8) is 0 Å². The lowest BCUT2D eigenvalue weighted by molar-refractivity contribution is -0.142. The summed E-state index contributed by atoms with van der Waals surface area (Å²) in [4.78, 5) is 11.7. The molecule has 0 radical (unpaired) electrons. The van der Waals surface area contributed by atoms with E-state index in [-0.39, 0.29) is 5.78 Å². The van der Waals surface area contributed by atoms with Crippen LogP contribution in [0.4, 0.5) is 0 Å². The number of Topliss-reactive ketones (excluding diaryl/α,β-unsaturated/α-hetero) is 1. The van der Waals surface area contributed by atoms with Gasteiger partial charge in [0.1, 0.15) is 5.60 Å². The highest BCUT2D eigenvalue weighted by Gasteiger charge is 2.30. The maximum atomic E-state index is 11.7. The average Bonchev–Trinajstić information content (AvgIpc) is 2.14. The van der Waals surface area contributed by atoms with Crippen molar-refractivity contribution in [2.75, 3.05) is 6.61 Å². The van der Waals surface area contributed by atoms with Crippen LogP contribution < -0.4 is 0 Å². The van der Waals surface area contributed by atoms with Crippen LogP contribution in [0.5, 0.6) is 0 Å². The molecule has 0 N–H and O–H groups in total. The number of hydrogen-bond donors (Lipinski definition) is 0. The van der Waals surface area contributed by atoms with Gasteiger partial charge in [0.25, 0.3) is 0 Å². The zero-order valence-electron chi connectivity index (χ0n) is 8.93. The summed E-state index contributed by atoms with van der Waals surface area (Å²) in [6, 6.07) is 0. The number of rotatable bonds is 7. The highest BCUT2D eigenvalue weighted by atomic mass is 16.5. The van der Waals surface area contributed by atoms with Crippen LogP contribution in [0.1, 0.15) is 40.0 Å². The van der Waals surface area contributed by atoms with Gasteiger partial charge >= 0.3 is 0 Å². The highest BCUT2D eigenvalue weighted by Crippen LogP contribution is 2.19. The molecule has 0 aliphatic rings. The maximum absolute atomic E-state index is 11.7. The molecule has 0 fully saturated rings. The number of hydrogen-bond acceptors (Lipinski definition) is 2. The van der Waals surface area contributed by atoms with Crippen molar-refractivity contribution < 1.29 is 9.53 Å². The van der Waals surface area contributed by atoms with E-state index in [0.29, 0.717) is 13.0 Å². The van der Waals surface area contributed by atoms with Crippen LogP contribution in [0.2, 0.25) is 0 Å². The second kappa shape index (κ2) is 5.92. The Morgan fingerprint density at radius 3 is 2.54 bits per heavy atom. The van der Waals surface area contributed by atoms with Crippen molar-refractivity contribution in [1.29, 1.82) is 0 Å². The monoisotopic (exact) mass is 184 g/mol. The van der Waals surface area contributed by atoms with Gasteiger partial charge in [-0.15, -0.1) is 6.58 Å². The molecule has 1 unspecified atom stereocenters. The molecule has 76 valence electrons. The quantitative estimate of drug-likeness (QED) is 0.569. The molecule has 0 aliphatic carbocycles. The standard InChI is InChI=1S/C11H20O2/c1-5-8-9-10(12)11(4,6-2)13-7-3/h5H,1,6-9H2,2-4H3. The van der Waals surface area contributed by atoms with Crippen molar-refractivity contribution >= 4 is 5.78 Å². The molecule has 13 heavy (non-hydrogen) atoms. The van der Waals surface area contributed by atoms with E-state index >= 15 is 0 Å². The summed E-state index contributed by atoms with van der Waals surface area (Å²) in [6.07, 6.45) is 3.77. The van der Waals surface area contributed by atoms with Crippen molar-refractivity contribution in [3.05, 3.63) is 12.7 Å². The van der Waals surface area contributed by atoms with Gasteiger partial charge in [0, 0.05) is 13.0 Å². The van der Waals surface area contributed by atoms with E-state index in [1.54, 1.807) is 6.08 Å². The van der Waals surface area contributed by atoms with Crippen LogP contribution in [0.3, 0.4) is 0 Å². The van der Waals surface area contributed by atoms with Crippen LogP contribution in [-0.4, -0.2) is 18.0 Å². The SMILES string of the molecule is C=CCCC(=O)C(C)(CC)OCC. The normalized spacial score (nSPS) is 15.0. The third-order valence-electron chi connectivity index (χ3n) is 2.30. The molecule has 2 heteroatoms. The summed E-state index contributed by atoms with van der Waals surface area (Å²) in [6.45, 7) is 9.93. The summed E-state index contributed by atoms with van der Waals surface area (Å²) >= 11 is 0. The van der Waals surface area contributed by atoms with Gasteiger partial charge in [0.2, 0.25) is 0 Å². The van der Waals surface area contributed by atoms with E-state index in [1.165, 1.54) is 0 Å². The Labute approximate surface area is 81.0 Å².